The molecule has 0 saturated carbocycles. The molecule has 1 saturated heterocycles. The number of rotatable bonds is 3. The fourth-order valence-electron chi connectivity index (χ4n) is 3.46. The standard InChI is InChI=1S/C21H19BrF2N2O2.C2HF3O2/c22-18-11-15(9-16-10-17(12-25)28-19(16)18)13-1-3-14(4-2-13)20(27)26-7-5-21(23,24)6-8-26;3-2(4,5)1(6)7/h1-4,9-11H,5-8,12,25H2;(H,6,7). The zero-order valence-corrected chi connectivity index (χ0v) is 19.6. The Kier molecular flexibility index (Phi) is 7.85. The van der Waals surface area contributed by atoms with E-state index in [1.807, 2.05) is 30.3 Å². The normalized spacial score (nSPS) is 15.5. The molecule has 0 spiro atoms. The SMILES string of the molecule is NCc1cc2cc(-c3ccc(C(=O)N4CCC(F)(F)CC4)cc3)cc(Br)c2o1.O=C(O)C(F)(F)F. The van der Waals surface area contributed by atoms with Gasteiger partial charge in [0.25, 0.3) is 11.8 Å². The number of hydrogen-bond acceptors (Lipinski definition) is 4. The van der Waals surface area contributed by atoms with Crippen LogP contribution in [0, 0.1) is 0 Å². The van der Waals surface area contributed by atoms with Crippen molar-refractivity contribution in [2.24, 2.45) is 5.73 Å². The lowest BCUT2D eigenvalue weighted by molar-refractivity contribution is -0.192. The van der Waals surface area contributed by atoms with Crippen molar-refractivity contribution < 1.29 is 41.1 Å². The molecule has 1 aromatic heterocycles. The van der Waals surface area contributed by atoms with E-state index in [4.69, 9.17) is 20.1 Å². The predicted molar refractivity (Wildman–Crippen MR) is 121 cm³/mol. The molecule has 6 nitrogen and oxygen atoms in total. The molecule has 1 aliphatic heterocycles. The van der Waals surface area contributed by atoms with Crippen molar-refractivity contribution in [3.8, 4) is 11.1 Å². The summed E-state index contributed by atoms with van der Waals surface area (Å²) in [6.45, 7) is 0.498. The summed E-state index contributed by atoms with van der Waals surface area (Å²) in [5.74, 6) is -4.92. The summed E-state index contributed by atoms with van der Waals surface area (Å²) in [4.78, 5) is 23.0. The molecule has 12 heteroatoms. The van der Waals surface area contributed by atoms with Crippen molar-refractivity contribution >= 4 is 38.8 Å². The van der Waals surface area contributed by atoms with E-state index in [9.17, 15) is 26.7 Å². The van der Waals surface area contributed by atoms with Crippen LogP contribution in [0.5, 0.6) is 0 Å². The maximum Gasteiger partial charge on any atom is 0.490 e. The second-order valence-corrected chi connectivity index (χ2v) is 8.68. The minimum absolute atomic E-state index is 0.0845. The number of aliphatic carboxylic acids is 1. The van der Waals surface area contributed by atoms with E-state index in [-0.39, 0.29) is 31.8 Å². The van der Waals surface area contributed by atoms with E-state index < -0.39 is 18.1 Å². The Morgan fingerprint density at radius 3 is 2.14 bits per heavy atom. The minimum atomic E-state index is -5.08. The number of nitrogens with two attached hydrogens (primary N) is 1. The van der Waals surface area contributed by atoms with Gasteiger partial charge in [0.15, 0.2) is 0 Å². The fraction of sp³-hybridized carbons (Fsp3) is 0.304. The molecule has 0 bridgehead atoms. The average molecular weight is 563 g/mol. The Bertz CT molecular complexity index is 1220. The van der Waals surface area contributed by atoms with Crippen LogP contribution in [0.1, 0.15) is 29.0 Å². The molecule has 2 aromatic carbocycles. The van der Waals surface area contributed by atoms with Gasteiger partial charge < -0.3 is 20.2 Å². The zero-order valence-electron chi connectivity index (χ0n) is 18.0. The van der Waals surface area contributed by atoms with Gasteiger partial charge in [0.05, 0.1) is 11.0 Å². The second kappa shape index (κ2) is 10.3. The van der Waals surface area contributed by atoms with E-state index in [1.165, 1.54) is 4.90 Å². The number of carboxylic acid groups (broad SMARTS) is 1. The van der Waals surface area contributed by atoms with Crippen LogP contribution in [0.15, 0.2) is 51.4 Å². The summed E-state index contributed by atoms with van der Waals surface area (Å²) in [5, 5.41) is 8.07. The largest absolute Gasteiger partial charge is 0.490 e. The molecular formula is C23H20BrF5N2O4. The summed E-state index contributed by atoms with van der Waals surface area (Å²) < 4.78 is 64.9. The van der Waals surface area contributed by atoms with Gasteiger partial charge in [0.1, 0.15) is 11.3 Å². The minimum Gasteiger partial charge on any atom is -0.475 e. The molecule has 0 aliphatic carbocycles. The first-order valence-electron chi connectivity index (χ1n) is 10.3. The lowest BCUT2D eigenvalue weighted by atomic mass is 10.0. The molecule has 3 aromatic rings. The molecule has 1 amide bonds. The van der Waals surface area contributed by atoms with Gasteiger partial charge in [-0.25, -0.2) is 13.6 Å². The quantitative estimate of drug-likeness (QED) is 0.392. The molecular weight excluding hydrogens is 543 g/mol. The van der Waals surface area contributed by atoms with E-state index in [1.54, 1.807) is 12.1 Å². The summed E-state index contributed by atoms with van der Waals surface area (Å²) in [6.07, 6.45) is -5.64. The van der Waals surface area contributed by atoms with Gasteiger partial charge in [-0.3, -0.25) is 4.79 Å². The monoisotopic (exact) mass is 562 g/mol. The lowest BCUT2D eigenvalue weighted by Gasteiger charge is -2.31. The summed E-state index contributed by atoms with van der Waals surface area (Å²) in [5.41, 5.74) is 8.82. The third kappa shape index (κ3) is 6.57. The van der Waals surface area contributed by atoms with Crippen LogP contribution < -0.4 is 5.73 Å². The van der Waals surface area contributed by atoms with Crippen LogP contribution >= 0.6 is 15.9 Å². The van der Waals surface area contributed by atoms with Crippen molar-refractivity contribution in [3.05, 3.63) is 58.3 Å². The third-order valence-electron chi connectivity index (χ3n) is 5.31. The number of carbonyl (C=O) groups excluding carboxylic acids is 1. The van der Waals surface area contributed by atoms with Gasteiger partial charge in [-0.1, -0.05) is 12.1 Å². The molecule has 4 rings (SSSR count). The van der Waals surface area contributed by atoms with Gasteiger partial charge in [-0.15, -0.1) is 0 Å². The van der Waals surface area contributed by atoms with E-state index in [2.05, 4.69) is 15.9 Å². The molecule has 35 heavy (non-hydrogen) atoms. The van der Waals surface area contributed by atoms with Gasteiger partial charge in [0, 0.05) is 36.9 Å². The Balaban J connectivity index is 0.000000429. The number of carbonyl (C=O) groups is 2. The number of fused-ring (bicyclic) bond motifs is 1. The van der Waals surface area contributed by atoms with Crippen LogP contribution in [-0.4, -0.2) is 47.1 Å². The topological polar surface area (TPSA) is 96.8 Å². The number of carboxylic acids is 1. The molecule has 2 heterocycles. The number of furan rings is 1. The number of benzene rings is 2. The highest BCUT2D eigenvalue weighted by atomic mass is 79.9. The molecule has 0 atom stereocenters. The van der Waals surface area contributed by atoms with Crippen LogP contribution in [0.3, 0.4) is 0 Å². The Hall–Kier alpha value is -2.99. The number of amides is 1. The molecule has 0 unspecified atom stereocenters. The van der Waals surface area contributed by atoms with Crippen molar-refractivity contribution in [1.29, 1.82) is 0 Å². The summed E-state index contributed by atoms with van der Waals surface area (Å²) in [7, 11) is 0. The maximum absolute atomic E-state index is 13.3. The van der Waals surface area contributed by atoms with Crippen LogP contribution in [0.2, 0.25) is 0 Å². The van der Waals surface area contributed by atoms with Gasteiger partial charge >= 0.3 is 12.1 Å². The van der Waals surface area contributed by atoms with E-state index in [0.717, 1.165) is 26.6 Å². The lowest BCUT2D eigenvalue weighted by Crippen LogP contribution is -2.42. The van der Waals surface area contributed by atoms with Gasteiger partial charge in [-0.05, 0) is 57.4 Å². The summed E-state index contributed by atoms with van der Waals surface area (Å²) in [6, 6.07) is 13.1. The van der Waals surface area contributed by atoms with Crippen molar-refractivity contribution in [1.82, 2.24) is 4.90 Å². The van der Waals surface area contributed by atoms with Crippen molar-refractivity contribution in [3.63, 3.8) is 0 Å². The van der Waals surface area contributed by atoms with Crippen molar-refractivity contribution in [2.75, 3.05) is 13.1 Å². The first kappa shape index (κ1) is 26.6. The molecule has 188 valence electrons. The maximum atomic E-state index is 13.3. The van der Waals surface area contributed by atoms with Crippen molar-refractivity contribution in [2.45, 2.75) is 31.5 Å². The zero-order chi connectivity index (χ0) is 26.0. The smallest absolute Gasteiger partial charge is 0.475 e. The Morgan fingerprint density at radius 2 is 1.63 bits per heavy atom. The van der Waals surface area contributed by atoms with E-state index >= 15 is 0 Å². The fourth-order valence-corrected chi connectivity index (χ4v) is 4.01. The first-order chi connectivity index (χ1) is 16.3. The molecule has 3 N–H and O–H groups in total. The van der Waals surface area contributed by atoms with Crippen LogP contribution in [-0.2, 0) is 11.3 Å². The van der Waals surface area contributed by atoms with E-state index in [0.29, 0.717) is 17.9 Å². The number of halogens is 6. The van der Waals surface area contributed by atoms with Crippen LogP contribution in [0.25, 0.3) is 22.1 Å². The highest BCUT2D eigenvalue weighted by Gasteiger charge is 2.38. The number of hydrogen-bond donors (Lipinski definition) is 2. The second-order valence-electron chi connectivity index (χ2n) is 7.82. The number of nitrogens with zero attached hydrogens (tertiary/aromatic N) is 1. The Morgan fingerprint density at radius 1 is 1.06 bits per heavy atom. The highest BCUT2D eigenvalue weighted by Crippen LogP contribution is 2.33. The highest BCUT2D eigenvalue weighted by molar-refractivity contribution is 9.10. The number of piperidine rings is 1. The third-order valence-corrected chi connectivity index (χ3v) is 5.90. The molecule has 1 fully saturated rings. The number of alkyl halides is 5. The average Bonchev–Trinajstić information content (AvgIpc) is 3.23. The van der Waals surface area contributed by atoms with Crippen LogP contribution in [0.4, 0.5) is 22.0 Å². The molecule has 1 aliphatic rings. The number of likely N-dealkylation sites (tertiary alicyclic amines) is 1. The predicted octanol–water partition coefficient (Wildman–Crippen LogP) is 5.83. The summed E-state index contributed by atoms with van der Waals surface area (Å²) >= 11 is 3.53. The molecule has 0 radical (unpaired) electrons. The Labute approximate surface area is 204 Å². The van der Waals surface area contributed by atoms with Gasteiger partial charge in [-0.2, -0.15) is 13.2 Å². The van der Waals surface area contributed by atoms with Gasteiger partial charge in [0.2, 0.25) is 0 Å². The first-order valence-corrected chi connectivity index (χ1v) is 11.1.